The van der Waals surface area contributed by atoms with E-state index in [2.05, 4.69) is 4.98 Å². The first-order valence-electron chi connectivity index (χ1n) is 6.45. The Hall–Kier alpha value is -1.44. The van der Waals surface area contributed by atoms with E-state index < -0.39 is 10.0 Å². The lowest BCUT2D eigenvalue weighted by atomic mass is 10.1. The summed E-state index contributed by atoms with van der Waals surface area (Å²) in [6.45, 7) is 6.13. The number of primary sulfonamides is 1. The number of aromatic nitrogens is 1. The van der Waals surface area contributed by atoms with E-state index in [0.717, 1.165) is 23.2 Å². The molecular weight excluding hydrogens is 308 g/mol. The number of nitrogens with zero attached hydrogens (tertiary/aromatic N) is 1. The number of benzene rings is 1. The summed E-state index contributed by atoms with van der Waals surface area (Å²) in [5, 5.41) is 5.15. The number of ether oxygens (including phenoxy) is 1. The van der Waals surface area contributed by atoms with Crippen LogP contribution in [0.1, 0.15) is 21.7 Å². The summed E-state index contributed by atoms with van der Waals surface area (Å²) >= 11 is 1.61. The normalized spacial score (nSPS) is 11.6. The standard InChI is InChI=1S/C14H18N2O3S2/c1-9-6-12(21(15,17)18)7-10(2)14(9)19-5-4-13-11(3)16-8-20-13/h6-8H,4-5H2,1-3H3,(H2,15,17,18). The van der Waals surface area contributed by atoms with E-state index in [1.54, 1.807) is 11.3 Å². The van der Waals surface area contributed by atoms with Gasteiger partial charge in [-0.3, -0.25) is 0 Å². The second-order valence-electron chi connectivity index (χ2n) is 4.89. The number of aryl methyl sites for hydroxylation is 3. The molecule has 2 N–H and O–H groups in total. The molecule has 0 aliphatic carbocycles. The van der Waals surface area contributed by atoms with Gasteiger partial charge < -0.3 is 4.74 Å². The molecule has 0 amide bonds. The van der Waals surface area contributed by atoms with Crippen molar-refractivity contribution in [3.8, 4) is 5.75 Å². The lowest BCUT2D eigenvalue weighted by Crippen LogP contribution is -2.13. The molecule has 7 heteroatoms. The second kappa shape index (κ2) is 6.13. The quantitative estimate of drug-likeness (QED) is 0.914. The highest BCUT2D eigenvalue weighted by atomic mass is 32.2. The van der Waals surface area contributed by atoms with Crippen molar-refractivity contribution in [2.75, 3.05) is 6.61 Å². The van der Waals surface area contributed by atoms with Gasteiger partial charge in [-0.1, -0.05) is 0 Å². The van der Waals surface area contributed by atoms with Crippen LogP contribution >= 0.6 is 11.3 Å². The summed E-state index contributed by atoms with van der Waals surface area (Å²) in [7, 11) is -3.69. The third kappa shape index (κ3) is 3.81. The topological polar surface area (TPSA) is 82.3 Å². The van der Waals surface area contributed by atoms with Crippen molar-refractivity contribution in [1.29, 1.82) is 0 Å². The van der Waals surface area contributed by atoms with Crippen LogP contribution in [0.3, 0.4) is 0 Å². The minimum absolute atomic E-state index is 0.114. The van der Waals surface area contributed by atoms with E-state index in [1.165, 1.54) is 17.0 Å². The molecule has 1 aromatic carbocycles. The summed E-state index contributed by atoms with van der Waals surface area (Å²) in [4.78, 5) is 5.51. The van der Waals surface area contributed by atoms with Gasteiger partial charge in [-0.2, -0.15) is 0 Å². The number of rotatable bonds is 5. The van der Waals surface area contributed by atoms with Crippen LogP contribution in [0.25, 0.3) is 0 Å². The van der Waals surface area contributed by atoms with Gasteiger partial charge in [-0.15, -0.1) is 11.3 Å². The maximum Gasteiger partial charge on any atom is 0.238 e. The SMILES string of the molecule is Cc1cc(S(N)(=O)=O)cc(C)c1OCCc1scnc1C. The predicted octanol–water partition coefficient (Wildman–Crippen LogP) is 2.34. The predicted molar refractivity (Wildman–Crippen MR) is 83.3 cm³/mol. The Bertz CT molecular complexity index is 728. The van der Waals surface area contributed by atoms with Crippen LogP contribution < -0.4 is 9.88 Å². The second-order valence-corrected chi connectivity index (χ2v) is 7.39. The fourth-order valence-electron chi connectivity index (χ4n) is 2.11. The van der Waals surface area contributed by atoms with E-state index in [1.807, 2.05) is 26.3 Å². The molecule has 0 aliphatic rings. The number of thiazole rings is 1. The third-order valence-corrected chi connectivity index (χ3v) is 5.07. The lowest BCUT2D eigenvalue weighted by Gasteiger charge is -2.13. The first-order valence-corrected chi connectivity index (χ1v) is 8.87. The fraction of sp³-hybridized carbons (Fsp3) is 0.357. The molecule has 0 unspecified atom stereocenters. The van der Waals surface area contributed by atoms with Gasteiger partial charge in [-0.25, -0.2) is 18.5 Å². The molecule has 2 aromatic rings. The lowest BCUT2D eigenvalue weighted by molar-refractivity contribution is 0.318. The Balaban J connectivity index is 2.12. The van der Waals surface area contributed by atoms with Crippen molar-refractivity contribution in [3.63, 3.8) is 0 Å². The van der Waals surface area contributed by atoms with Crippen LogP contribution in [0.2, 0.25) is 0 Å². The zero-order chi connectivity index (χ0) is 15.6. The Morgan fingerprint density at radius 2 is 1.86 bits per heavy atom. The highest BCUT2D eigenvalue weighted by Crippen LogP contribution is 2.26. The summed E-state index contributed by atoms with van der Waals surface area (Å²) in [5.41, 5.74) is 4.38. The summed E-state index contributed by atoms with van der Waals surface area (Å²) in [5.74, 6) is 0.713. The van der Waals surface area contributed by atoms with E-state index in [-0.39, 0.29) is 4.90 Å². The number of sulfonamides is 1. The summed E-state index contributed by atoms with van der Waals surface area (Å²) in [6, 6.07) is 3.07. The molecular formula is C14H18N2O3S2. The number of hydrogen-bond acceptors (Lipinski definition) is 5. The fourth-order valence-corrected chi connectivity index (χ4v) is 3.56. The molecule has 0 radical (unpaired) electrons. The number of hydrogen-bond donors (Lipinski definition) is 1. The van der Waals surface area contributed by atoms with Crippen LogP contribution in [0.5, 0.6) is 5.75 Å². The van der Waals surface area contributed by atoms with Gasteiger partial charge in [-0.05, 0) is 44.0 Å². The van der Waals surface area contributed by atoms with Gasteiger partial charge in [0.05, 0.1) is 22.7 Å². The van der Waals surface area contributed by atoms with Crippen molar-refractivity contribution < 1.29 is 13.2 Å². The van der Waals surface area contributed by atoms with Gasteiger partial charge in [0.15, 0.2) is 0 Å². The van der Waals surface area contributed by atoms with Crippen LogP contribution in [-0.4, -0.2) is 20.0 Å². The van der Waals surface area contributed by atoms with Gasteiger partial charge in [0.25, 0.3) is 0 Å². The van der Waals surface area contributed by atoms with Crippen LogP contribution in [0, 0.1) is 20.8 Å². The highest BCUT2D eigenvalue weighted by molar-refractivity contribution is 7.89. The first-order chi connectivity index (χ1) is 9.79. The molecule has 2 rings (SSSR count). The highest BCUT2D eigenvalue weighted by Gasteiger charge is 2.13. The molecule has 1 aromatic heterocycles. The molecule has 0 saturated heterocycles. The summed E-state index contributed by atoms with van der Waals surface area (Å²) in [6.07, 6.45) is 0.784. The Labute approximate surface area is 128 Å². The zero-order valence-corrected chi connectivity index (χ0v) is 13.8. The Morgan fingerprint density at radius 1 is 1.24 bits per heavy atom. The molecule has 0 atom stereocenters. The molecule has 0 spiro atoms. The van der Waals surface area contributed by atoms with Crippen LogP contribution in [0.15, 0.2) is 22.5 Å². The zero-order valence-electron chi connectivity index (χ0n) is 12.2. The average molecular weight is 326 g/mol. The third-order valence-electron chi connectivity index (χ3n) is 3.18. The van der Waals surface area contributed by atoms with E-state index in [4.69, 9.17) is 9.88 Å². The molecule has 21 heavy (non-hydrogen) atoms. The van der Waals surface area contributed by atoms with Gasteiger partial charge in [0.1, 0.15) is 5.75 Å². The smallest absolute Gasteiger partial charge is 0.238 e. The monoisotopic (exact) mass is 326 g/mol. The van der Waals surface area contributed by atoms with E-state index in [9.17, 15) is 8.42 Å². The van der Waals surface area contributed by atoms with Gasteiger partial charge in [0, 0.05) is 11.3 Å². The molecule has 0 saturated carbocycles. The van der Waals surface area contributed by atoms with Crippen molar-refractivity contribution in [3.05, 3.63) is 39.3 Å². The van der Waals surface area contributed by atoms with Gasteiger partial charge >= 0.3 is 0 Å². The van der Waals surface area contributed by atoms with Crippen molar-refractivity contribution in [2.24, 2.45) is 5.14 Å². The van der Waals surface area contributed by atoms with Crippen LogP contribution in [-0.2, 0) is 16.4 Å². The van der Waals surface area contributed by atoms with E-state index in [0.29, 0.717) is 12.4 Å². The molecule has 0 bridgehead atoms. The molecule has 0 fully saturated rings. The molecule has 5 nitrogen and oxygen atoms in total. The molecule has 1 heterocycles. The molecule has 114 valence electrons. The van der Waals surface area contributed by atoms with Gasteiger partial charge in [0.2, 0.25) is 10.0 Å². The summed E-state index contributed by atoms with van der Waals surface area (Å²) < 4.78 is 28.6. The maximum atomic E-state index is 11.4. The van der Waals surface area contributed by atoms with Crippen molar-refractivity contribution >= 4 is 21.4 Å². The molecule has 0 aliphatic heterocycles. The maximum absolute atomic E-state index is 11.4. The van der Waals surface area contributed by atoms with E-state index >= 15 is 0 Å². The largest absolute Gasteiger partial charge is 0.493 e. The average Bonchev–Trinajstić information content (AvgIpc) is 2.77. The van der Waals surface area contributed by atoms with Crippen LogP contribution in [0.4, 0.5) is 0 Å². The van der Waals surface area contributed by atoms with Crippen molar-refractivity contribution in [1.82, 2.24) is 4.98 Å². The Kier molecular flexibility index (Phi) is 4.65. The van der Waals surface area contributed by atoms with Crippen molar-refractivity contribution in [2.45, 2.75) is 32.1 Å². The first kappa shape index (κ1) is 15.9. The minimum atomic E-state index is -3.69. The minimum Gasteiger partial charge on any atom is -0.493 e. The Morgan fingerprint density at radius 3 is 2.33 bits per heavy atom. The number of nitrogens with two attached hydrogens (primary N) is 1.